The monoisotopic (exact) mass is 507 g/mol. The van der Waals surface area contributed by atoms with Crippen LogP contribution in [0.5, 0.6) is 5.75 Å². The smallest absolute Gasteiger partial charge is 0.426 e. The number of carbonyl (C=O) groups excluding carboxylic acids is 1. The molecule has 2 aromatic heterocycles. The summed E-state index contributed by atoms with van der Waals surface area (Å²) in [5.41, 5.74) is 2.69. The van der Waals surface area contributed by atoms with Gasteiger partial charge in [-0.25, -0.2) is 4.79 Å². The highest BCUT2D eigenvalue weighted by Crippen LogP contribution is 2.43. The van der Waals surface area contributed by atoms with Gasteiger partial charge in [-0.3, -0.25) is 0 Å². The van der Waals surface area contributed by atoms with Crippen molar-refractivity contribution < 1.29 is 27.4 Å². The number of benzene rings is 3. The second kappa shape index (κ2) is 9.91. The van der Waals surface area contributed by atoms with E-state index in [-0.39, 0.29) is 18.8 Å². The highest BCUT2D eigenvalue weighted by molar-refractivity contribution is 7.12. The zero-order valence-electron chi connectivity index (χ0n) is 18.8. The fourth-order valence-electron chi connectivity index (χ4n) is 3.85. The van der Waals surface area contributed by atoms with Gasteiger partial charge in [-0.2, -0.15) is 13.2 Å². The Hall–Kier alpha value is -4.04. The molecule has 0 radical (unpaired) electrons. The molecule has 0 fully saturated rings. The molecule has 0 saturated heterocycles. The predicted molar refractivity (Wildman–Crippen MR) is 133 cm³/mol. The van der Waals surface area contributed by atoms with Crippen molar-refractivity contribution in [3.05, 3.63) is 112 Å². The molecule has 0 aliphatic carbocycles. The van der Waals surface area contributed by atoms with Crippen LogP contribution >= 0.6 is 11.3 Å². The lowest BCUT2D eigenvalue weighted by Crippen LogP contribution is -2.04. The molecule has 1 N–H and O–H groups in total. The lowest BCUT2D eigenvalue weighted by atomic mass is 10.1. The number of hydrogen-bond donors (Lipinski definition) is 1. The van der Waals surface area contributed by atoms with Crippen molar-refractivity contribution in [2.75, 3.05) is 0 Å². The summed E-state index contributed by atoms with van der Waals surface area (Å²) in [6, 6.07) is 26.0. The van der Waals surface area contributed by atoms with E-state index in [9.17, 15) is 18.0 Å². The van der Waals surface area contributed by atoms with Gasteiger partial charge in [0.1, 0.15) is 23.8 Å². The number of hydrogen-bond acceptors (Lipinski definition) is 4. The van der Waals surface area contributed by atoms with Crippen LogP contribution in [0.3, 0.4) is 0 Å². The largest absolute Gasteiger partial charge is 0.488 e. The third kappa shape index (κ3) is 5.28. The van der Waals surface area contributed by atoms with Crippen molar-refractivity contribution in [1.82, 2.24) is 4.98 Å². The summed E-state index contributed by atoms with van der Waals surface area (Å²) in [4.78, 5) is 15.2. The van der Waals surface area contributed by atoms with Gasteiger partial charge in [-0.1, -0.05) is 48.5 Å². The first-order valence-electron chi connectivity index (χ1n) is 11.1. The lowest BCUT2D eigenvalue weighted by Gasteiger charge is -2.07. The number of esters is 1. The molecule has 8 heteroatoms. The van der Waals surface area contributed by atoms with Crippen LogP contribution in [0, 0.1) is 0 Å². The summed E-state index contributed by atoms with van der Waals surface area (Å²) in [5, 5.41) is 0.838. The van der Waals surface area contributed by atoms with Gasteiger partial charge in [-0.05, 0) is 48.0 Å². The number of thiophene rings is 1. The number of aromatic nitrogens is 1. The van der Waals surface area contributed by atoms with E-state index in [4.69, 9.17) is 9.47 Å². The van der Waals surface area contributed by atoms with Crippen LogP contribution in [0.2, 0.25) is 0 Å². The van der Waals surface area contributed by atoms with E-state index < -0.39 is 17.0 Å². The van der Waals surface area contributed by atoms with E-state index in [1.165, 1.54) is 6.07 Å². The van der Waals surface area contributed by atoms with Gasteiger partial charge in [-0.15, -0.1) is 11.3 Å². The standard InChI is InChI=1S/C28H20F3NO3S/c29-28(30,31)26-24(18-7-3-1-4-8-18)15-23(36-26)17-34-22-11-12-25-20(14-22)13-21(32-25)16-35-27(33)19-9-5-2-6-10-19/h1-15,32H,16-17H2. The maximum absolute atomic E-state index is 13.6. The fraction of sp³-hybridized carbons (Fsp3) is 0.107. The molecule has 0 aliphatic heterocycles. The zero-order chi connectivity index (χ0) is 25.1. The Bertz CT molecular complexity index is 1490. The Kier molecular flexibility index (Phi) is 6.52. The molecule has 36 heavy (non-hydrogen) atoms. The summed E-state index contributed by atoms with van der Waals surface area (Å²) in [6.45, 7) is 0.0916. The first kappa shape index (κ1) is 23.7. The van der Waals surface area contributed by atoms with Crippen LogP contribution in [0.25, 0.3) is 22.0 Å². The van der Waals surface area contributed by atoms with E-state index in [1.807, 2.05) is 18.2 Å². The number of ether oxygens (including phenoxy) is 2. The topological polar surface area (TPSA) is 51.3 Å². The van der Waals surface area contributed by atoms with E-state index in [1.54, 1.807) is 66.7 Å². The van der Waals surface area contributed by atoms with Crippen molar-refractivity contribution in [2.24, 2.45) is 0 Å². The maximum atomic E-state index is 13.6. The Morgan fingerprint density at radius 2 is 1.58 bits per heavy atom. The molecule has 0 aliphatic rings. The summed E-state index contributed by atoms with van der Waals surface area (Å²) >= 11 is 0.691. The van der Waals surface area contributed by atoms with Gasteiger partial charge in [0.15, 0.2) is 0 Å². The van der Waals surface area contributed by atoms with Crippen molar-refractivity contribution in [3.8, 4) is 16.9 Å². The number of fused-ring (bicyclic) bond motifs is 1. The Morgan fingerprint density at radius 1 is 0.861 bits per heavy atom. The Balaban J connectivity index is 1.28. The molecule has 2 heterocycles. The molecule has 0 spiro atoms. The first-order valence-corrected chi connectivity index (χ1v) is 11.9. The molecular weight excluding hydrogens is 487 g/mol. The molecule has 3 aromatic carbocycles. The van der Waals surface area contributed by atoms with Crippen LogP contribution < -0.4 is 4.74 Å². The van der Waals surface area contributed by atoms with Crippen molar-refractivity contribution in [3.63, 3.8) is 0 Å². The number of halogens is 3. The van der Waals surface area contributed by atoms with E-state index in [0.29, 0.717) is 38.8 Å². The quantitative estimate of drug-likeness (QED) is 0.228. The van der Waals surface area contributed by atoms with Gasteiger partial charge in [0.2, 0.25) is 0 Å². The minimum absolute atomic E-state index is 0.0120. The summed E-state index contributed by atoms with van der Waals surface area (Å²) in [7, 11) is 0. The van der Waals surface area contributed by atoms with Crippen LogP contribution in [0.4, 0.5) is 13.2 Å². The molecule has 5 rings (SSSR count). The van der Waals surface area contributed by atoms with E-state index >= 15 is 0 Å². The number of alkyl halides is 3. The van der Waals surface area contributed by atoms with Crippen molar-refractivity contribution in [1.29, 1.82) is 0 Å². The number of carbonyl (C=O) groups is 1. The maximum Gasteiger partial charge on any atom is 0.426 e. The van der Waals surface area contributed by atoms with E-state index in [2.05, 4.69) is 4.98 Å². The Labute approximate surface area is 208 Å². The lowest BCUT2D eigenvalue weighted by molar-refractivity contribution is -0.133. The Morgan fingerprint density at radius 3 is 2.31 bits per heavy atom. The SMILES string of the molecule is O=C(OCc1cc2cc(OCc3cc(-c4ccccc4)c(C(F)(F)F)s3)ccc2[nH]1)c1ccccc1. The third-order valence-corrected chi connectivity index (χ3v) is 6.68. The van der Waals surface area contributed by atoms with Crippen molar-refractivity contribution >= 4 is 28.2 Å². The van der Waals surface area contributed by atoms with E-state index in [0.717, 1.165) is 10.9 Å². The highest BCUT2D eigenvalue weighted by atomic mass is 32.1. The third-order valence-electron chi connectivity index (χ3n) is 5.52. The fourth-order valence-corrected chi connectivity index (χ4v) is 4.81. The number of H-pyrrole nitrogens is 1. The molecule has 5 aromatic rings. The average molecular weight is 508 g/mol. The number of rotatable bonds is 7. The molecular formula is C28H20F3NO3S. The van der Waals surface area contributed by atoms with Gasteiger partial charge >= 0.3 is 12.1 Å². The molecule has 182 valence electrons. The number of aromatic amines is 1. The second-order valence-corrected chi connectivity index (χ2v) is 9.23. The second-order valence-electron chi connectivity index (χ2n) is 8.09. The summed E-state index contributed by atoms with van der Waals surface area (Å²) < 4.78 is 52.1. The molecule has 0 amide bonds. The van der Waals surface area contributed by atoms with Gasteiger partial charge in [0.25, 0.3) is 0 Å². The van der Waals surface area contributed by atoms with Gasteiger partial charge in [0, 0.05) is 21.3 Å². The molecule has 0 bridgehead atoms. The van der Waals surface area contributed by atoms with Crippen molar-refractivity contribution in [2.45, 2.75) is 19.4 Å². The normalized spacial score (nSPS) is 11.5. The first-order chi connectivity index (χ1) is 17.4. The van der Waals surface area contributed by atoms with Crippen LogP contribution in [-0.4, -0.2) is 11.0 Å². The summed E-state index contributed by atoms with van der Waals surface area (Å²) in [6.07, 6.45) is -4.45. The molecule has 4 nitrogen and oxygen atoms in total. The molecule has 0 unspecified atom stereocenters. The minimum Gasteiger partial charge on any atom is -0.488 e. The average Bonchev–Trinajstić information content (AvgIpc) is 3.51. The van der Waals surface area contributed by atoms with Gasteiger partial charge in [0.05, 0.1) is 11.3 Å². The number of nitrogens with one attached hydrogen (secondary N) is 1. The predicted octanol–water partition coefficient (Wildman–Crippen LogP) is 7.85. The minimum atomic E-state index is -4.45. The zero-order valence-corrected chi connectivity index (χ0v) is 19.7. The summed E-state index contributed by atoms with van der Waals surface area (Å²) in [5.74, 6) is 0.111. The molecule has 0 saturated carbocycles. The van der Waals surface area contributed by atoms with Gasteiger partial charge < -0.3 is 14.5 Å². The van der Waals surface area contributed by atoms with Crippen LogP contribution in [-0.2, 0) is 24.1 Å². The molecule has 0 atom stereocenters. The van der Waals surface area contributed by atoms with Crippen LogP contribution in [0.1, 0.15) is 25.8 Å². The van der Waals surface area contributed by atoms with Crippen LogP contribution in [0.15, 0.2) is 91.0 Å². The highest BCUT2D eigenvalue weighted by Gasteiger charge is 2.36.